The van der Waals surface area contributed by atoms with E-state index >= 15 is 0 Å². The standard InChI is InChI=1S/C39H52O9Si/c1-20-17-27(40-8)37(33(46-14)30(20)43-11)49(36-25(6)23(4)24(5)26(36)7,38-28(41-9)18-21(2)31(44-12)34(38)47-15)39-29(42-10)19-22(3)32(45-13)35(39)48-16/h17-19,25H,1-16H3. The first kappa shape index (κ1) is 37.4. The Kier molecular flexibility index (Phi) is 11.1. The molecular formula is C39H52O9Si. The normalized spacial score (nSPS) is 14.6. The van der Waals surface area contributed by atoms with Crippen molar-refractivity contribution in [1.82, 2.24) is 0 Å². The third-order valence-electron chi connectivity index (χ3n) is 10.2. The second kappa shape index (κ2) is 14.6. The Morgan fingerprint density at radius 1 is 0.408 bits per heavy atom. The second-order valence-electron chi connectivity index (χ2n) is 12.3. The largest absolute Gasteiger partial charge is 0.497 e. The Labute approximate surface area is 292 Å². The highest BCUT2D eigenvalue weighted by Crippen LogP contribution is 2.51. The molecule has 0 saturated carbocycles. The van der Waals surface area contributed by atoms with Crippen LogP contribution in [-0.2, 0) is 0 Å². The van der Waals surface area contributed by atoms with Crippen molar-refractivity contribution in [1.29, 1.82) is 0 Å². The van der Waals surface area contributed by atoms with Gasteiger partial charge in [-0.2, -0.15) is 0 Å². The van der Waals surface area contributed by atoms with Crippen LogP contribution >= 0.6 is 0 Å². The number of hydrogen-bond acceptors (Lipinski definition) is 9. The number of ether oxygens (including phenoxy) is 9. The van der Waals surface area contributed by atoms with Crippen LogP contribution in [0, 0.1) is 26.7 Å². The van der Waals surface area contributed by atoms with Gasteiger partial charge in [0.05, 0.1) is 64.0 Å². The molecule has 0 N–H and O–H groups in total. The number of allylic oxidation sites excluding steroid dienone is 4. The zero-order chi connectivity index (χ0) is 36.5. The van der Waals surface area contributed by atoms with E-state index in [0.29, 0.717) is 51.7 Å². The van der Waals surface area contributed by atoms with Crippen LogP contribution in [0.3, 0.4) is 0 Å². The van der Waals surface area contributed by atoms with Gasteiger partial charge >= 0.3 is 0 Å². The molecule has 0 spiro atoms. The molecule has 0 radical (unpaired) electrons. The maximum Gasteiger partial charge on any atom is 0.204 e. The fourth-order valence-electron chi connectivity index (χ4n) is 7.86. The van der Waals surface area contributed by atoms with Crippen molar-refractivity contribution in [2.75, 3.05) is 64.0 Å². The Bertz CT molecular complexity index is 1650. The van der Waals surface area contributed by atoms with Crippen LogP contribution < -0.4 is 58.2 Å². The average molecular weight is 693 g/mol. The van der Waals surface area contributed by atoms with Gasteiger partial charge in [0.25, 0.3) is 0 Å². The molecule has 0 saturated heterocycles. The van der Waals surface area contributed by atoms with Crippen LogP contribution in [0.5, 0.6) is 51.7 Å². The van der Waals surface area contributed by atoms with Gasteiger partial charge in [-0.25, -0.2) is 0 Å². The Hall–Kier alpha value is -4.44. The zero-order valence-corrected chi connectivity index (χ0v) is 33.0. The van der Waals surface area contributed by atoms with Crippen LogP contribution in [0.25, 0.3) is 0 Å². The lowest BCUT2D eigenvalue weighted by atomic mass is 10.1. The minimum Gasteiger partial charge on any atom is -0.497 e. The summed E-state index contributed by atoms with van der Waals surface area (Å²) in [5, 5.41) is 3.46. The fraction of sp³-hybridized carbons (Fsp3) is 0.436. The van der Waals surface area contributed by atoms with Crippen LogP contribution in [-0.4, -0.2) is 72.1 Å². The van der Waals surface area contributed by atoms with Crippen molar-refractivity contribution in [3.05, 3.63) is 56.8 Å². The fourth-order valence-corrected chi connectivity index (χ4v) is 14.3. The van der Waals surface area contributed by atoms with Gasteiger partial charge in [0, 0.05) is 15.6 Å². The summed E-state index contributed by atoms with van der Waals surface area (Å²) < 4.78 is 56.9. The number of benzene rings is 3. The van der Waals surface area contributed by atoms with Crippen LogP contribution in [0.4, 0.5) is 0 Å². The maximum absolute atomic E-state index is 6.45. The van der Waals surface area contributed by atoms with E-state index in [9.17, 15) is 0 Å². The van der Waals surface area contributed by atoms with E-state index in [-0.39, 0.29) is 5.92 Å². The average Bonchev–Trinajstić information content (AvgIpc) is 3.29. The summed E-state index contributed by atoms with van der Waals surface area (Å²) in [5.74, 6) is 5.06. The van der Waals surface area contributed by atoms with E-state index in [2.05, 4.69) is 27.7 Å². The van der Waals surface area contributed by atoms with E-state index in [1.54, 1.807) is 64.0 Å². The predicted octanol–water partition coefficient (Wildman–Crippen LogP) is 6.00. The van der Waals surface area contributed by atoms with Gasteiger partial charge in [0.15, 0.2) is 34.5 Å². The van der Waals surface area contributed by atoms with E-state index in [1.807, 2.05) is 39.0 Å². The van der Waals surface area contributed by atoms with Gasteiger partial charge in [0.1, 0.15) is 17.2 Å². The summed E-state index contributed by atoms with van der Waals surface area (Å²) in [6.45, 7) is 14.7. The van der Waals surface area contributed by atoms with Crippen molar-refractivity contribution < 1.29 is 42.6 Å². The van der Waals surface area contributed by atoms with Gasteiger partial charge in [-0.15, -0.1) is 0 Å². The second-order valence-corrected chi connectivity index (χ2v) is 15.9. The third-order valence-corrected chi connectivity index (χ3v) is 15.5. The molecule has 266 valence electrons. The summed E-state index contributed by atoms with van der Waals surface area (Å²) in [5.41, 5.74) is 6.12. The Balaban J connectivity index is 2.67. The van der Waals surface area contributed by atoms with Crippen LogP contribution in [0.2, 0.25) is 0 Å². The topological polar surface area (TPSA) is 83.1 Å². The minimum absolute atomic E-state index is 0.0446. The monoisotopic (exact) mass is 692 g/mol. The summed E-state index contributed by atoms with van der Waals surface area (Å²) in [4.78, 5) is 0. The molecule has 0 heterocycles. The van der Waals surface area contributed by atoms with E-state index in [4.69, 9.17) is 42.6 Å². The number of hydrogen-bond donors (Lipinski definition) is 0. The molecule has 10 heteroatoms. The third kappa shape index (κ3) is 5.44. The summed E-state index contributed by atoms with van der Waals surface area (Å²) in [7, 11) is 11.0. The SMILES string of the molecule is COc1cc(C)c(OC)c(OC)c1[Si](C1=C(C)C(C)=C(C)C1C)(c1c(OC)cc(C)c(OC)c1OC)c1c(OC)cc(C)c(OC)c1OC. The molecule has 0 bridgehead atoms. The quantitative estimate of drug-likeness (QED) is 0.158. The molecule has 4 rings (SSSR count). The predicted molar refractivity (Wildman–Crippen MR) is 197 cm³/mol. The molecule has 1 aliphatic rings. The maximum atomic E-state index is 6.45. The Morgan fingerprint density at radius 3 is 0.898 bits per heavy atom. The van der Waals surface area contributed by atoms with Gasteiger partial charge < -0.3 is 42.6 Å². The molecule has 1 unspecified atom stereocenters. The lowest BCUT2D eigenvalue weighted by Crippen LogP contribution is -2.71. The first-order valence-corrected chi connectivity index (χ1v) is 18.1. The first-order chi connectivity index (χ1) is 23.4. The molecule has 3 aromatic carbocycles. The molecule has 0 aromatic heterocycles. The molecule has 1 aliphatic carbocycles. The van der Waals surface area contributed by atoms with Crippen molar-refractivity contribution in [3.63, 3.8) is 0 Å². The van der Waals surface area contributed by atoms with Gasteiger partial charge in [-0.1, -0.05) is 23.3 Å². The highest BCUT2D eigenvalue weighted by molar-refractivity contribution is 7.18. The molecular weight excluding hydrogens is 641 g/mol. The summed E-state index contributed by atoms with van der Waals surface area (Å²) in [6.07, 6.45) is 0. The van der Waals surface area contributed by atoms with Crippen LogP contribution in [0.15, 0.2) is 40.1 Å². The minimum atomic E-state index is -3.96. The molecule has 3 aromatic rings. The van der Waals surface area contributed by atoms with Gasteiger partial charge in [-0.3, -0.25) is 0 Å². The molecule has 0 fully saturated rings. The smallest absolute Gasteiger partial charge is 0.204 e. The number of methoxy groups -OCH3 is 9. The molecule has 1 atom stereocenters. The number of rotatable bonds is 13. The first-order valence-electron chi connectivity index (χ1n) is 16.1. The molecule has 0 amide bonds. The lowest BCUT2D eigenvalue weighted by Gasteiger charge is -2.42. The van der Waals surface area contributed by atoms with Crippen molar-refractivity contribution in [2.24, 2.45) is 5.92 Å². The summed E-state index contributed by atoms with van der Waals surface area (Å²) in [6, 6.07) is 5.99. The molecule has 9 nitrogen and oxygen atoms in total. The van der Waals surface area contributed by atoms with E-state index in [1.165, 1.54) is 11.1 Å². The van der Waals surface area contributed by atoms with Crippen molar-refractivity contribution >= 4 is 23.6 Å². The van der Waals surface area contributed by atoms with Gasteiger partial charge in [0.2, 0.25) is 8.07 Å². The lowest BCUT2D eigenvalue weighted by molar-refractivity contribution is 0.347. The van der Waals surface area contributed by atoms with E-state index < -0.39 is 8.07 Å². The Morgan fingerprint density at radius 2 is 0.694 bits per heavy atom. The molecule has 49 heavy (non-hydrogen) atoms. The highest BCUT2D eigenvalue weighted by atomic mass is 28.3. The summed E-state index contributed by atoms with van der Waals surface area (Å²) >= 11 is 0. The number of aryl methyl sites for hydroxylation is 3. The zero-order valence-electron chi connectivity index (χ0n) is 32.0. The highest BCUT2D eigenvalue weighted by Gasteiger charge is 2.58. The van der Waals surface area contributed by atoms with Crippen molar-refractivity contribution in [2.45, 2.75) is 48.5 Å². The molecule has 0 aliphatic heterocycles. The van der Waals surface area contributed by atoms with Crippen LogP contribution in [0.1, 0.15) is 44.4 Å². The van der Waals surface area contributed by atoms with Gasteiger partial charge in [-0.05, 0) is 87.9 Å². The van der Waals surface area contributed by atoms with E-state index in [0.717, 1.165) is 43.0 Å². The van der Waals surface area contributed by atoms with Crippen molar-refractivity contribution in [3.8, 4) is 51.7 Å².